The van der Waals surface area contributed by atoms with Crippen LogP contribution < -0.4 is 10.0 Å². The number of carbonyl (C=O) groups is 1. The molecule has 0 saturated carbocycles. The highest BCUT2D eigenvalue weighted by Gasteiger charge is 2.18. The van der Waals surface area contributed by atoms with Gasteiger partial charge in [-0.05, 0) is 31.2 Å². The Bertz CT molecular complexity index is 1050. The van der Waals surface area contributed by atoms with Gasteiger partial charge in [-0.3, -0.25) is 14.5 Å². The van der Waals surface area contributed by atoms with Gasteiger partial charge in [0.05, 0.1) is 29.2 Å². The molecule has 0 radical (unpaired) electrons. The summed E-state index contributed by atoms with van der Waals surface area (Å²) in [5, 5.41) is 5.54. The van der Waals surface area contributed by atoms with Crippen molar-refractivity contribution >= 4 is 33.0 Å². The highest BCUT2D eigenvalue weighted by atomic mass is 32.2. The van der Waals surface area contributed by atoms with E-state index < -0.39 is 10.0 Å². The quantitative estimate of drug-likeness (QED) is 0.660. The van der Waals surface area contributed by atoms with Gasteiger partial charge in [0, 0.05) is 23.3 Å². The Morgan fingerprint density at radius 1 is 1.15 bits per heavy atom. The maximum atomic E-state index is 12.6. The molecule has 2 heterocycles. The average Bonchev–Trinajstić information content (AvgIpc) is 3.12. The Kier molecular flexibility index (Phi) is 5.52. The number of benzene rings is 1. The van der Waals surface area contributed by atoms with E-state index >= 15 is 0 Å². The topological polar surface area (TPSA) is 101 Å². The van der Waals surface area contributed by atoms with E-state index in [1.807, 2.05) is 24.4 Å². The van der Waals surface area contributed by atoms with Crippen LogP contribution in [0.4, 0.5) is 5.69 Å². The summed E-state index contributed by atoms with van der Waals surface area (Å²) in [5.74, 6) is -0.380. The number of nitrogens with one attached hydrogen (secondary N) is 2. The number of carbonyl (C=O) groups excluding carboxylic acids is 1. The van der Waals surface area contributed by atoms with E-state index in [1.165, 1.54) is 11.3 Å². The highest BCUT2D eigenvalue weighted by molar-refractivity contribution is 7.92. The Morgan fingerprint density at radius 2 is 1.85 bits per heavy atom. The summed E-state index contributed by atoms with van der Waals surface area (Å²) in [7, 11) is -3.49. The maximum Gasteiger partial charge on any atom is 0.253 e. The molecule has 0 fully saturated rings. The fourth-order valence-electron chi connectivity index (χ4n) is 2.45. The molecule has 0 saturated heterocycles. The largest absolute Gasteiger partial charge is 0.343 e. The Hall–Kier alpha value is -2.78. The van der Waals surface area contributed by atoms with E-state index in [-0.39, 0.29) is 23.2 Å². The molecule has 2 aromatic heterocycles. The number of amides is 1. The molecule has 27 heavy (non-hydrogen) atoms. The lowest BCUT2D eigenvalue weighted by atomic mass is 10.1. The number of anilines is 1. The summed E-state index contributed by atoms with van der Waals surface area (Å²) in [5.41, 5.74) is 2.26. The predicted octanol–water partition coefficient (Wildman–Crippen LogP) is 3.07. The molecule has 3 aromatic rings. The molecular weight excluding hydrogens is 384 g/mol. The van der Waals surface area contributed by atoms with Gasteiger partial charge in [0.1, 0.15) is 5.01 Å². The molecule has 1 aromatic carbocycles. The molecule has 9 heteroatoms. The van der Waals surface area contributed by atoms with Crippen molar-refractivity contribution < 1.29 is 13.2 Å². The zero-order valence-corrected chi connectivity index (χ0v) is 16.3. The van der Waals surface area contributed by atoms with Crippen LogP contribution in [0.25, 0.3) is 11.3 Å². The molecule has 0 aliphatic heterocycles. The van der Waals surface area contributed by atoms with Gasteiger partial charge < -0.3 is 5.32 Å². The van der Waals surface area contributed by atoms with E-state index in [1.54, 1.807) is 36.7 Å². The smallest absolute Gasteiger partial charge is 0.253 e. The molecule has 0 bridgehead atoms. The molecule has 1 unspecified atom stereocenters. The van der Waals surface area contributed by atoms with Crippen molar-refractivity contribution in [2.45, 2.75) is 13.0 Å². The fraction of sp³-hybridized carbons (Fsp3) is 0.167. The number of thiazole rings is 1. The summed E-state index contributed by atoms with van der Waals surface area (Å²) >= 11 is 1.45. The summed E-state index contributed by atoms with van der Waals surface area (Å²) in [6.07, 6.45) is 4.44. The van der Waals surface area contributed by atoms with Crippen molar-refractivity contribution in [1.82, 2.24) is 15.3 Å². The maximum absolute atomic E-state index is 12.6. The first-order chi connectivity index (χ1) is 12.8. The summed E-state index contributed by atoms with van der Waals surface area (Å²) < 4.78 is 25.4. The van der Waals surface area contributed by atoms with Gasteiger partial charge in [0.2, 0.25) is 10.0 Å². The minimum absolute atomic E-state index is 0.237. The van der Waals surface area contributed by atoms with Crippen LogP contribution in [-0.2, 0) is 10.0 Å². The third kappa shape index (κ3) is 4.89. The first kappa shape index (κ1) is 19.0. The normalized spacial score (nSPS) is 12.4. The van der Waals surface area contributed by atoms with Crippen molar-refractivity contribution in [2.75, 3.05) is 11.0 Å². The van der Waals surface area contributed by atoms with E-state index in [4.69, 9.17) is 0 Å². The number of nitrogens with zero attached hydrogens (tertiary/aromatic N) is 2. The third-order valence-electron chi connectivity index (χ3n) is 3.68. The minimum atomic E-state index is -3.49. The fourth-order valence-corrected chi connectivity index (χ4v) is 3.86. The monoisotopic (exact) mass is 402 g/mol. The Labute approximate surface area is 161 Å². The van der Waals surface area contributed by atoms with Gasteiger partial charge in [0.15, 0.2) is 0 Å². The molecule has 7 nitrogen and oxygen atoms in total. The van der Waals surface area contributed by atoms with Gasteiger partial charge in [-0.2, -0.15) is 0 Å². The second kappa shape index (κ2) is 7.85. The lowest BCUT2D eigenvalue weighted by molar-refractivity contribution is 0.0940. The molecule has 2 N–H and O–H groups in total. The van der Waals surface area contributed by atoms with Gasteiger partial charge in [-0.15, -0.1) is 11.3 Å². The molecule has 140 valence electrons. The van der Waals surface area contributed by atoms with Gasteiger partial charge >= 0.3 is 0 Å². The van der Waals surface area contributed by atoms with Crippen molar-refractivity contribution in [3.63, 3.8) is 0 Å². The lowest BCUT2D eigenvalue weighted by Crippen LogP contribution is -2.27. The number of rotatable bonds is 6. The summed E-state index contributed by atoms with van der Waals surface area (Å²) in [6, 6.07) is 9.87. The molecule has 3 rings (SSSR count). The molecule has 0 spiro atoms. The summed E-state index contributed by atoms with van der Waals surface area (Å²) in [6.45, 7) is 1.83. The number of hydrogen-bond donors (Lipinski definition) is 2. The molecule has 1 atom stereocenters. The van der Waals surface area contributed by atoms with E-state index in [0.717, 1.165) is 22.5 Å². The van der Waals surface area contributed by atoms with Gasteiger partial charge in [-0.25, -0.2) is 13.4 Å². The van der Waals surface area contributed by atoms with Crippen molar-refractivity contribution in [3.05, 3.63) is 64.7 Å². The molecule has 0 aliphatic carbocycles. The van der Waals surface area contributed by atoms with Crippen LogP contribution in [0.3, 0.4) is 0 Å². The number of para-hydroxylation sites is 1. The van der Waals surface area contributed by atoms with Crippen molar-refractivity contribution in [1.29, 1.82) is 0 Å². The Balaban J connectivity index is 1.76. The van der Waals surface area contributed by atoms with Crippen LogP contribution in [0.15, 0.2) is 54.2 Å². The number of pyridine rings is 1. The number of sulfonamides is 1. The average molecular weight is 403 g/mol. The minimum Gasteiger partial charge on any atom is -0.343 e. The van der Waals surface area contributed by atoms with Crippen molar-refractivity contribution in [3.8, 4) is 11.3 Å². The van der Waals surface area contributed by atoms with Gasteiger partial charge in [0.25, 0.3) is 5.91 Å². The molecule has 1 amide bonds. The van der Waals surface area contributed by atoms with Crippen LogP contribution in [0.2, 0.25) is 0 Å². The SMILES string of the molecule is CC(NC(=O)c1ccccc1NS(C)(=O)=O)c1nc(-c2ccncc2)cs1. The third-order valence-corrected chi connectivity index (χ3v) is 5.30. The van der Waals surface area contributed by atoms with Crippen LogP contribution in [-0.4, -0.2) is 30.5 Å². The van der Waals surface area contributed by atoms with Crippen LogP contribution in [0.5, 0.6) is 0 Å². The van der Waals surface area contributed by atoms with Crippen LogP contribution in [0.1, 0.15) is 28.3 Å². The van der Waals surface area contributed by atoms with Crippen LogP contribution in [0, 0.1) is 0 Å². The first-order valence-corrected chi connectivity index (χ1v) is 10.8. The second-order valence-corrected chi connectivity index (χ2v) is 8.56. The highest BCUT2D eigenvalue weighted by Crippen LogP contribution is 2.25. The van der Waals surface area contributed by atoms with E-state index in [9.17, 15) is 13.2 Å². The number of hydrogen-bond acceptors (Lipinski definition) is 6. The van der Waals surface area contributed by atoms with Gasteiger partial charge in [-0.1, -0.05) is 12.1 Å². The molecular formula is C18H18N4O3S2. The zero-order chi connectivity index (χ0) is 19.4. The summed E-state index contributed by atoms with van der Waals surface area (Å²) in [4.78, 5) is 21.2. The lowest BCUT2D eigenvalue weighted by Gasteiger charge is -2.14. The first-order valence-electron chi connectivity index (χ1n) is 8.07. The number of aromatic nitrogens is 2. The predicted molar refractivity (Wildman–Crippen MR) is 106 cm³/mol. The molecule has 0 aliphatic rings. The van der Waals surface area contributed by atoms with E-state index in [0.29, 0.717) is 0 Å². The zero-order valence-electron chi connectivity index (χ0n) is 14.7. The second-order valence-electron chi connectivity index (χ2n) is 5.92. The van der Waals surface area contributed by atoms with E-state index in [2.05, 4.69) is 20.0 Å². The standard InChI is InChI=1S/C18H18N4O3S2/c1-12(18-21-16(11-26-18)13-7-9-19-10-8-13)20-17(23)14-5-3-4-6-15(14)22-27(2,24)25/h3-12,22H,1-2H3,(H,20,23). The Morgan fingerprint density at radius 3 is 2.56 bits per heavy atom. The van der Waals surface area contributed by atoms with Crippen LogP contribution >= 0.6 is 11.3 Å². The van der Waals surface area contributed by atoms with Crippen molar-refractivity contribution in [2.24, 2.45) is 0 Å².